The molecule has 3 aromatic rings. The van der Waals surface area contributed by atoms with Crippen LogP contribution in [0.4, 0.5) is 17.5 Å². The Morgan fingerprint density at radius 1 is 0.913 bits per heavy atom. The zero-order valence-corrected chi connectivity index (χ0v) is 12.9. The highest BCUT2D eigenvalue weighted by Crippen LogP contribution is 2.24. The van der Waals surface area contributed by atoms with Crippen LogP contribution in [0.15, 0.2) is 66.7 Å². The van der Waals surface area contributed by atoms with Crippen molar-refractivity contribution in [3.63, 3.8) is 0 Å². The molecule has 0 aliphatic heterocycles. The van der Waals surface area contributed by atoms with Crippen LogP contribution in [0.5, 0.6) is 11.6 Å². The molecule has 3 rings (SSSR count). The summed E-state index contributed by atoms with van der Waals surface area (Å²) in [6.07, 6.45) is 0. The largest absolute Gasteiger partial charge is 0.439 e. The summed E-state index contributed by atoms with van der Waals surface area (Å²) in [6, 6.07) is 21.2. The van der Waals surface area contributed by atoms with Gasteiger partial charge in [-0.15, -0.1) is 0 Å². The van der Waals surface area contributed by atoms with Crippen LogP contribution in [0.3, 0.4) is 0 Å². The van der Waals surface area contributed by atoms with Crippen molar-refractivity contribution < 1.29 is 4.74 Å². The average molecular weight is 306 g/mol. The molecule has 2 N–H and O–H groups in total. The van der Waals surface area contributed by atoms with Crippen molar-refractivity contribution in [1.82, 2.24) is 9.97 Å². The molecule has 23 heavy (non-hydrogen) atoms. The van der Waals surface area contributed by atoms with E-state index in [1.54, 1.807) is 6.07 Å². The molecule has 0 atom stereocenters. The first-order chi connectivity index (χ1) is 11.3. The van der Waals surface area contributed by atoms with Crippen molar-refractivity contribution in [2.45, 2.75) is 6.92 Å². The Labute approximate surface area is 135 Å². The average Bonchev–Trinajstić information content (AvgIpc) is 2.57. The number of benzene rings is 2. The predicted molar refractivity (Wildman–Crippen MR) is 92.4 cm³/mol. The van der Waals surface area contributed by atoms with E-state index in [-0.39, 0.29) is 0 Å². The van der Waals surface area contributed by atoms with E-state index in [9.17, 15) is 0 Å². The number of hydrogen-bond acceptors (Lipinski definition) is 5. The summed E-state index contributed by atoms with van der Waals surface area (Å²) >= 11 is 0. The molecule has 0 saturated heterocycles. The molecule has 0 fully saturated rings. The predicted octanol–water partition coefficient (Wildman–Crippen LogP) is 4.44. The zero-order chi connectivity index (χ0) is 15.9. The van der Waals surface area contributed by atoms with Crippen molar-refractivity contribution in [1.29, 1.82) is 0 Å². The first kappa shape index (κ1) is 14.8. The molecule has 2 aromatic carbocycles. The SMILES string of the molecule is CCNc1nc(Nc2ccccc2)cc(Oc2ccccc2)n1. The molecule has 0 unspecified atom stereocenters. The molecule has 0 aliphatic rings. The van der Waals surface area contributed by atoms with Gasteiger partial charge in [0, 0.05) is 18.3 Å². The maximum Gasteiger partial charge on any atom is 0.227 e. The van der Waals surface area contributed by atoms with Crippen molar-refractivity contribution in [2.75, 3.05) is 17.2 Å². The minimum atomic E-state index is 0.487. The van der Waals surface area contributed by atoms with Gasteiger partial charge in [-0.1, -0.05) is 36.4 Å². The first-order valence-electron chi connectivity index (χ1n) is 7.51. The Hall–Kier alpha value is -3.08. The van der Waals surface area contributed by atoms with Crippen LogP contribution < -0.4 is 15.4 Å². The minimum Gasteiger partial charge on any atom is -0.439 e. The van der Waals surface area contributed by atoms with E-state index in [2.05, 4.69) is 20.6 Å². The normalized spacial score (nSPS) is 10.1. The topological polar surface area (TPSA) is 59.1 Å². The third kappa shape index (κ3) is 4.20. The third-order valence-electron chi connectivity index (χ3n) is 3.05. The lowest BCUT2D eigenvalue weighted by atomic mass is 10.3. The van der Waals surface area contributed by atoms with E-state index in [4.69, 9.17) is 4.74 Å². The van der Waals surface area contributed by atoms with Crippen molar-refractivity contribution >= 4 is 17.5 Å². The van der Waals surface area contributed by atoms with Crippen LogP contribution in [-0.4, -0.2) is 16.5 Å². The van der Waals surface area contributed by atoms with Crippen molar-refractivity contribution in [3.05, 3.63) is 66.7 Å². The van der Waals surface area contributed by atoms with Gasteiger partial charge in [-0.25, -0.2) is 0 Å². The highest BCUT2D eigenvalue weighted by atomic mass is 16.5. The molecule has 5 heteroatoms. The van der Waals surface area contributed by atoms with E-state index < -0.39 is 0 Å². The van der Waals surface area contributed by atoms with Gasteiger partial charge >= 0.3 is 0 Å². The smallest absolute Gasteiger partial charge is 0.227 e. The molecule has 0 saturated carbocycles. The standard InChI is InChI=1S/C18H18N4O/c1-2-19-18-21-16(20-14-9-5-3-6-10-14)13-17(22-18)23-15-11-7-4-8-12-15/h3-13H,2H2,1H3,(H2,19,20,21,22). The van der Waals surface area contributed by atoms with Gasteiger partial charge < -0.3 is 15.4 Å². The second-order valence-corrected chi connectivity index (χ2v) is 4.85. The zero-order valence-electron chi connectivity index (χ0n) is 12.9. The molecule has 116 valence electrons. The van der Waals surface area contributed by atoms with Gasteiger partial charge in [-0.05, 0) is 31.2 Å². The van der Waals surface area contributed by atoms with Gasteiger partial charge in [0.15, 0.2) is 0 Å². The van der Waals surface area contributed by atoms with Crippen LogP contribution in [0.25, 0.3) is 0 Å². The summed E-state index contributed by atoms with van der Waals surface area (Å²) in [5.74, 6) is 2.42. The molecule has 0 amide bonds. The lowest BCUT2D eigenvalue weighted by Gasteiger charge is -2.11. The van der Waals surface area contributed by atoms with E-state index in [0.717, 1.165) is 18.0 Å². The van der Waals surface area contributed by atoms with Crippen LogP contribution in [0, 0.1) is 0 Å². The Morgan fingerprint density at radius 2 is 1.61 bits per heavy atom. The van der Waals surface area contributed by atoms with Gasteiger partial charge in [0.05, 0.1) is 0 Å². The van der Waals surface area contributed by atoms with E-state index in [1.807, 2.05) is 67.6 Å². The maximum absolute atomic E-state index is 5.81. The van der Waals surface area contributed by atoms with Crippen LogP contribution in [0.2, 0.25) is 0 Å². The maximum atomic E-state index is 5.81. The Kier molecular flexibility index (Phi) is 4.69. The molecular formula is C18H18N4O. The summed E-state index contributed by atoms with van der Waals surface area (Å²) < 4.78 is 5.81. The number of nitrogens with one attached hydrogen (secondary N) is 2. The number of rotatable bonds is 6. The summed E-state index contributed by atoms with van der Waals surface area (Å²) in [5.41, 5.74) is 0.958. The molecule has 0 bridgehead atoms. The highest BCUT2D eigenvalue weighted by molar-refractivity contribution is 5.58. The molecule has 0 radical (unpaired) electrons. The fourth-order valence-corrected chi connectivity index (χ4v) is 2.06. The van der Waals surface area contributed by atoms with Gasteiger partial charge in [-0.3, -0.25) is 0 Å². The summed E-state index contributed by atoms with van der Waals surface area (Å²) in [4.78, 5) is 8.82. The van der Waals surface area contributed by atoms with E-state index in [1.165, 1.54) is 0 Å². The van der Waals surface area contributed by atoms with E-state index in [0.29, 0.717) is 17.6 Å². The minimum absolute atomic E-state index is 0.487. The van der Waals surface area contributed by atoms with Gasteiger partial charge in [-0.2, -0.15) is 9.97 Å². The lowest BCUT2D eigenvalue weighted by molar-refractivity contribution is 0.463. The third-order valence-corrected chi connectivity index (χ3v) is 3.05. The van der Waals surface area contributed by atoms with Crippen LogP contribution in [0.1, 0.15) is 6.92 Å². The van der Waals surface area contributed by atoms with Gasteiger partial charge in [0.2, 0.25) is 11.8 Å². The molecule has 0 spiro atoms. The van der Waals surface area contributed by atoms with Crippen molar-refractivity contribution in [3.8, 4) is 11.6 Å². The lowest BCUT2D eigenvalue weighted by Crippen LogP contribution is -2.05. The number of aromatic nitrogens is 2. The fourth-order valence-electron chi connectivity index (χ4n) is 2.06. The molecule has 1 aromatic heterocycles. The number of nitrogens with zero attached hydrogens (tertiary/aromatic N) is 2. The quantitative estimate of drug-likeness (QED) is 0.705. The second-order valence-electron chi connectivity index (χ2n) is 4.85. The number of anilines is 3. The Balaban J connectivity index is 1.86. The summed E-state index contributed by atoms with van der Waals surface area (Å²) in [7, 11) is 0. The molecular weight excluding hydrogens is 288 g/mol. The van der Waals surface area contributed by atoms with Crippen molar-refractivity contribution in [2.24, 2.45) is 0 Å². The first-order valence-corrected chi connectivity index (χ1v) is 7.51. The number of hydrogen-bond donors (Lipinski definition) is 2. The molecule has 5 nitrogen and oxygen atoms in total. The Bertz CT molecular complexity index is 688. The fraction of sp³-hybridized carbons (Fsp3) is 0.111. The van der Waals surface area contributed by atoms with Crippen LogP contribution in [-0.2, 0) is 0 Å². The van der Waals surface area contributed by atoms with Crippen LogP contribution >= 0.6 is 0 Å². The van der Waals surface area contributed by atoms with E-state index >= 15 is 0 Å². The summed E-state index contributed by atoms with van der Waals surface area (Å²) in [6.45, 7) is 2.73. The number of ether oxygens (including phenoxy) is 1. The summed E-state index contributed by atoms with van der Waals surface area (Å²) in [5, 5.41) is 6.38. The highest BCUT2D eigenvalue weighted by Gasteiger charge is 2.06. The molecule has 1 heterocycles. The second kappa shape index (κ2) is 7.26. The molecule has 0 aliphatic carbocycles. The van der Waals surface area contributed by atoms with Gasteiger partial charge in [0.1, 0.15) is 11.6 Å². The monoisotopic (exact) mass is 306 g/mol. The Morgan fingerprint density at radius 3 is 2.30 bits per heavy atom. The van der Waals surface area contributed by atoms with Gasteiger partial charge in [0.25, 0.3) is 0 Å². The number of para-hydroxylation sites is 2.